The standard InChI is InChI=1S/C22H36F3NO3/c1-16(2,3)10-21(17(4,5)6,22(23,24)25)15(27)26-18-7-14-8-19(28,11-18)13-20(29,9-14)12-18/h14,28-29H,7-13H2,1-6H3,(H,26,27). The molecular weight excluding hydrogens is 383 g/mol. The van der Waals surface area contributed by atoms with Crippen molar-refractivity contribution in [2.24, 2.45) is 22.2 Å². The highest BCUT2D eigenvalue weighted by atomic mass is 19.4. The summed E-state index contributed by atoms with van der Waals surface area (Å²) in [5.74, 6) is -1.01. The van der Waals surface area contributed by atoms with Crippen LogP contribution in [0.15, 0.2) is 0 Å². The number of hydrogen-bond donors (Lipinski definition) is 3. The van der Waals surface area contributed by atoms with Crippen molar-refractivity contribution in [3.05, 3.63) is 0 Å². The quantitative estimate of drug-likeness (QED) is 0.638. The van der Waals surface area contributed by atoms with Gasteiger partial charge >= 0.3 is 6.18 Å². The van der Waals surface area contributed by atoms with Gasteiger partial charge in [-0.1, -0.05) is 41.5 Å². The summed E-state index contributed by atoms with van der Waals surface area (Å²) in [5, 5.41) is 24.6. The van der Waals surface area contributed by atoms with Crippen LogP contribution >= 0.6 is 0 Å². The van der Waals surface area contributed by atoms with E-state index in [9.17, 15) is 28.2 Å². The molecule has 4 rings (SSSR count). The van der Waals surface area contributed by atoms with E-state index in [0.29, 0.717) is 19.3 Å². The first kappa shape index (κ1) is 22.9. The molecule has 4 aliphatic carbocycles. The molecule has 0 aromatic rings. The molecule has 3 unspecified atom stereocenters. The number of aliphatic hydroxyl groups is 2. The van der Waals surface area contributed by atoms with Gasteiger partial charge in [0.2, 0.25) is 5.91 Å². The van der Waals surface area contributed by atoms with E-state index in [0.717, 1.165) is 0 Å². The van der Waals surface area contributed by atoms with E-state index in [-0.39, 0.29) is 31.6 Å². The summed E-state index contributed by atoms with van der Waals surface area (Å²) in [6.07, 6.45) is -2.84. The number of carbonyl (C=O) groups excluding carboxylic acids is 1. The monoisotopic (exact) mass is 419 g/mol. The van der Waals surface area contributed by atoms with Crippen LogP contribution in [0, 0.1) is 22.2 Å². The third kappa shape index (κ3) is 3.82. The molecule has 0 aliphatic heterocycles. The second-order valence-electron chi connectivity index (χ2n) is 12.6. The molecule has 4 aliphatic rings. The van der Waals surface area contributed by atoms with Crippen molar-refractivity contribution in [2.45, 2.75) is 109 Å². The SMILES string of the molecule is CC(C)(C)CC(C(=O)NC12CC3CC(O)(CC(O)(C3)C1)C2)(C(C)(C)C)C(F)(F)F. The van der Waals surface area contributed by atoms with Gasteiger partial charge < -0.3 is 15.5 Å². The molecule has 4 bridgehead atoms. The van der Waals surface area contributed by atoms with Crippen molar-refractivity contribution in [3.8, 4) is 0 Å². The second kappa shape index (κ2) is 6.12. The smallest absolute Gasteiger partial charge is 0.390 e. The zero-order chi connectivity index (χ0) is 22.3. The van der Waals surface area contributed by atoms with Crippen molar-refractivity contribution < 1.29 is 28.2 Å². The number of carbonyl (C=O) groups is 1. The van der Waals surface area contributed by atoms with Crippen molar-refractivity contribution in [1.29, 1.82) is 0 Å². The third-order valence-corrected chi connectivity index (χ3v) is 7.34. The molecule has 0 aromatic carbocycles. The molecule has 168 valence electrons. The van der Waals surface area contributed by atoms with E-state index in [2.05, 4.69) is 5.32 Å². The lowest BCUT2D eigenvalue weighted by molar-refractivity contribution is -0.261. The Hall–Kier alpha value is -0.820. The van der Waals surface area contributed by atoms with Gasteiger partial charge in [0, 0.05) is 12.0 Å². The average Bonchev–Trinajstić information content (AvgIpc) is 2.35. The molecule has 4 nitrogen and oxygen atoms in total. The van der Waals surface area contributed by atoms with Crippen LogP contribution in [0.4, 0.5) is 13.2 Å². The van der Waals surface area contributed by atoms with Crippen LogP contribution in [0.2, 0.25) is 0 Å². The minimum atomic E-state index is -4.74. The van der Waals surface area contributed by atoms with Crippen LogP contribution in [-0.4, -0.2) is 39.0 Å². The normalized spacial score (nSPS) is 39.3. The predicted octanol–water partition coefficient (Wildman–Crippen LogP) is 4.33. The number of hydrogen-bond acceptors (Lipinski definition) is 3. The Morgan fingerprint density at radius 3 is 1.76 bits per heavy atom. The van der Waals surface area contributed by atoms with E-state index in [1.807, 2.05) is 0 Å². The Bertz CT molecular complexity index is 657. The van der Waals surface area contributed by atoms with Crippen molar-refractivity contribution in [1.82, 2.24) is 5.32 Å². The number of halogens is 3. The molecular formula is C22H36F3NO3. The maximum Gasteiger partial charge on any atom is 0.403 e. The molecule has 1 amide bonds. The van der Waals surface area contributed by atoms with Gasteiger partial charge in [0.1, 0.15) is 5.41 Å². The zero-order valence-corrected chi connectivity index (χ0v) is 18.5. The number of rotatable bonds is 3. The fourth-order valence-electron chi connectivity index (χ4n) is 6.96. The molecule has 3 N–H and O–H groups in total. The summed E-state index contributed by atoms with van der Waals surface area (Å²) >= 11 is 0. The largest absolute Gasteiger partial charge is 0.403 e. The van der Waals surface area contributed by atoms with Crippen LogP contribution in [0.3, 0.4) is 0 Å². The molecule has 3 atom stereocenters. The van der Waals surface area contributed by atoms with Gasteiger partial charge in [0.15, 0.2) is 0 Å². The van der Waals surface area contributed by atoms with E-state index >= 15 is 0 Å². The fraction of sp³-hybridized carbons (Fsp3) is 0.955. The minimum absolute atomic E-state index is 0.0130. The Morgan fingerprint density at radius 2 is 1.41 bits per heavy atom. The van der Waals surface area contributed by atoms with Gasteiger partial charge in [-0.15, -0.1) is 0 Å². The zero-order valence-electron chi connectivity index (χ0n) is 18.5. The predicted molar refractivity (Wildman–Crippen MR) is 104 cm³/mol. The molecule has 0 heterocycles. The molecule has 7 heteroatoms. The van der Waals surface area contributed by atoms with Crippen molar-refractivity contribution in [2.75, 3.05) is 0 Å². The van der Waals surface area contributed by atoms with E-state index in [1.165, 1.54) is 20.8 Å². The third-order valence-electron chi connectivity index (χ3n) is 7.34. The van der Waals surface area contributed by atoms with E-state index < -0.39 is 45.1 Å². The molecule has 0 saturated heterocycles. The van der Waals surface area contributed by atoms with Crippen LogP contribution in [-0.2, 0) is 4.79 Å². The lowest BCUT2D eigenvalue weighted by atomic mass is 9.49. The van der Waals surface area contributed by atoms with Crippen molar-refractivity contribution >= 4 is 5.91 Å². The number of alkyl halides is 3. The summed E-state index contributed by atoms with van der Waals surface area (Å²) in [7, 11) is 0. The molecule has 0 spiro atoms. The van der Waals surface area contributed by atoms with Gasteiger partial charge in [0.25, 0.3) is 0 Å². The van der Waals surface area contributed by atoms with Gasteiger partial charge in [-0.25, -0.2) is 0 Å². The number of amides is 1. The van der Waals surface area contributed by atoms with Crippen molar-refractivity contribution in [3.63, 3.8) is 0 Å². The molecule has 0 radical (unpaired) electrons. The second-order valence-corrected chi connectivity index (χ2v) is 12.6. The highest BCUT2D eigenvalue weighted by Gasteiger charge is 2.69. The lowest BCUT2D eigenvalue weighted by Crippen LogP contribution is -2.73. The topological polar surface area (TPSA) is 69.6 Å². The Morgan fingerprint density at radius 1 is 0.931 bits per heavy atom. The number of nitrogens with one attached hydrogen (secondary N) is 1. The highest BCUT2D eigenvalue weighted by Crippen LogP contribution is 2.61. The summed E-state index contributed by atoms with van der Waals surface area (Å²) in [5.41, 5.74) is -7.88. The summed E-state index contributed by atoms with van der Waals surface area (Å²) in [6, 6.07) is 0. The fourth-order valence-corrected chi connectivity index (χ4v) is 6.96. The Kier molecular flexibility index (Phi) is 4.82. The molecule has 29 heavy (non-hydrogen) atoms. The summed E-state index contributed by atoms with van der Waals surface area (Å²) < 4.78 is 43.8. The highest BCUT2D eigenvalue weighted by molar-refractivity contribution is 5.85. The maximum atomic E-state index is 14.6. The van der Waals surface area contributed by atoms with Gasteiger partial charge in [-0.3, -0.25) is 4.79 Å². The summed E-state index contributed by atoms with van der Waals surface area (Å²) in [4.78, 5) is 13.5. The maximum absolute atomic E-state index is 14.6. The molecule has 4 fully saturated rings. The van der Waals surface area contributed by atoms with Crippen LogP contribution in [0.1, 0.15) is 86.5 Å². The van der Waals surface area contributed by atoms with Crippen LogP contribution in [0.5, 0.6) is 0 Å². The first-order valence-electron chi connectivity index (χ1n) is 10.6. The summed E-state index contributed by atoms with van der Waals surface area (Å²) in [6.45, 7) is 9.53. The first-order valence-corrected chi connectivity index (χ1v) is 10.6. The molecule has 0 aromatic heterocycles. The molecule has 4 saturated carbocycles. The lowest BCUT2D eigenvalue weighted by Gasteiger charge is -2.63. The van der Waals surface area contributed by atoms with E-state index in [4.69, 9.17) is 0 Å². The van der Waals surface area contributed by atoms with Crippen LogP contribution in [0.25, 0.3) is 0 Å². The van der Waals surface area contributed by atoms with E-state index in [1.54, 1.807) is 20.8 Å². The average molecular weight is 420 g/mol. The Balaban J connectivity index is 2.01. The minimum Gasteiger partial charge on any atom is -0.390 e. The Labute approximate surface area is 171 Å². The van der Waals surface area contributed by atoms with Gasteiger partial charge in [-0.05, 0) is 55.3 Å². The van der Waals surface area contributed by atoms with Crippen LogP contribution < -0.4 is 5.32 Å². The van der Waals surface area contributed by atoms with Gasteiger partial charge in [-0.2, -0.15) is 13.2 Å². The van der Waals surface area contributed by atoms with Gasteiger partial charge in [0.05, 0.1) is 11.2 Å². The first-order chi connectivity index (χ1) is 12.7.